The summed E-state index contributed by atoms with van der Waals surface area (Å²) in [7, 11) is 0. The lowest BCUT2D eigenvalue weighted by Crippen LogP contribution is -2.31. The summed E-state index contributed by atoms with van der Waals surface area (Å²) in [6.07, 6.45) is -0.988. The van der Waals surface area contributed by atoms with Crippen LogP contribution < -0.4 is 15.4 Å². The number of aryl methyl sites for hydroxylation is 1. The average Bonchev–Trinajstić information content (AvgIpc) is 2.67. The number of nitrogens with one attached hydrogen (secondary N) is 2. The zero-order chi connectivity index (χ0) is 22.3. The van der Waals surface area contributed by atoms with E-state index < -0.39 is 18.0 Å². The third-order valence-corrected chi connectivity index (χ3v) is 4.29. The minimum Gasteiger partial charge on any atom is -0.482 e. The molecule has 0 aromatic heterocycles. The zero-order valence-corrected chi connectivity index (χ0v) is 17.9. The van der Waals surface area contributed by atoms with Crippen molar-refractivity contribution < 1.29 is 23.9 Å². The maximum atomic E-state index is 12.3. The molecule has 0 radical (unpaired) electrons. The highest BCUT2D eigenvalue weighted by Crippen LogP contribution is 2.27. The SMILES string of the molecule is CC(=O)Nc1ccc(NC(=O)[C@H](C)OC(=O)COc2cc(C)ccc2C(C)C)cc1. The van der Waals surface area contributed by atoms with Crippen molar-refractivity contribution in [3.63, 3.8) is 0 Å². The van der Waals surface area contributed by atoms with Crippen LogP contribution in [0, 0.1) is 6.92 Å². The van der Waals surface area contributed by atoms with Crippen LogP contribution in [-0.4, -0.2) is 30.5 Å². The second kappa shape index (κ2) is 10.4. The van der Waals surface area contributed by atoms with Crippen LogP contribution in [0.4, 0.5) is 11.4 Å². The molecule has 0 fully saturated rings. The van der Waals surface area contributed by atoms with Crippen LogP contribution >= 0.6 is 0 Å². The highest BCUT2D eigenvalue weighted by atomic mass is 16.6. The number of carbonyl (C=O) groups excluding carboxylic acids is 3. The Hall–Kier alpha value is -3.35. The summed E-state index contributed by atoms with van der Waals surface area (Å²) < 4.78 is 10.8. The summed E-state index contributed by atoms with van der Waals surface area (Å²) >= 11 is 0. The second-order valence-electron chi connectivity index (χ2n) is 7.36. The molecule has 0 bridgehead atoms. The lowest BCUT2D eigenvalue weighted by Gasteiger charge is -2.16. The van der Waals surface area contributed by atoms with Gasteiger partial charge in [0.25, 0.3) is 5.91 Å². The molecule has 0 saturated heterocycles. The number of hydrogen-bond acceptors (Lipinski definition) is 5. The number of rotatable bonds is 8. The van der Waals surface area contributed by atoms with E-state index in [1.54, 1.807) is 24.3 Å². The van der Waals surface area contributed by atoms with Gasteiger partial charge in [-0.1, -0.05) is 26.0 Å². The number of hydrogen-bond donors (Lipinski definition) is 2. The summed E-state index contributed by atoms with van der Waals surface area (Å²) in [5.74, 6) is -0.388. The Labute approximate surface area is 176 Å². The van der Waals surface area contributed by atoms with Gasteiger partial charge in [0.1, 0.15) is 5.75 Å². The molecule has 7 nitrogen and oxygen atoms in total. The van der Waals surface area contributed by atoms with Crippen molar-refractivity contribution in [2.45, 2.75) is 46.6 Å². The van der Waals surface area contributed by atoms with Crippen LogP contribution in [0.25, 0.3) is 0 Å². The van der Waals surface area contributed by atoms with Crippen molar-refractivity contribution in [1.82, 2.24) is 0 Å². The number of carbonyl (C=O) groups is 3. The summed E-state index contributed by atoms with van der Waals surface area (Å²) in [4.78, 5) is 35.4. The van der Waals surface area contributed by atoms with Gasteiger partial charge in [0.2, 0.25) is 5.91 Å². The van der Waals surface area contributed by atoms with Gasteiger partial charge in [-0.05, 0) is 61.2 Å². The Balaban J connectivity index is 1.87. The number of anilines is 2. The van der Waals surface area contributed by atoms with Crippen LogP contribution in [-0.2, 0) is 19.1 Å². The first kappa shape index (κ1) is 22.9. The average molecular weight is 412 g/mol. The van der Waals surface area contributed by atoms with Gasteiger partial charge >= 0.3 is 5.97 Å². The molecule has 0 aliphatic carbocycles. The quantitative estimate of drug-likeness (QED) is 0.639. The molecular weight excluding hydrogens is 384 g/mol. The molecule has 7 heteroatoms. The maximum absolute atomic E-state index is 12.3. The fourth-order valence-corrected chi connectivity index (χ4v) is 2.75. The number of benzene rings is 2. The molecule has 30 heavy (non-hydrogen) atoms. The molecule has 1 atom stereocenters. The first-order valence-corrected chi connectivity index (χ1v) is 9.77. The van der Waals surface area contributed by atoms with E-state index in [9.17, 15) is 14.4 Å². The molecule has 0 heterocycles. The van der Waals surface area contributed by atoms with Gasteiger partial charge in [-0.15, -0.1) is 0 Å². The Morgan fingerprint density at radius 2 is 1.53 bits per heavy atom. The molecule has 0 saturated carbocycles. The number of ether oxygens (including phenoxy) is 2. The number of amides is 2. The fourth-order valence-electron chi connectivity index (χ4n) is 2.75. The summed E-state index contributed by atoms with van der Waals surface area (Å²) in [6.45, 7) is 8.66. The highest BCUT2D eigenvalue weighted by molar-refractivity contribution is 5.95. The van der Waals surface area contributed by atoms with E-state index in [4.69, 9.17) is 9.47 Å². The first-order chi connectivity index (χ1) is 14.2. The molecule has 2 rings (SSSR count). The summed E-state index contributed by atoms with van der Waals surface area (Å²) in [6, 6.07) is 12.5. The molecule has 2 aromatic carbocycles. The van der Waals surface area contributed by atoms with Gasteiger partial charge in [-0.2, -0.15) is 0 Å². The third kappa shape index (κ3) is 6.92. The standard InChI is InChI=1S/C23H28N2O5/c1-14(2)20-11-6-15(3)12-21(20)29-13-22(27)30-16(4)23(28)25-19-9-7-18(8-10-19)24-17(5)26/h6-12,14,16H,13H2,1-5H3,(H,24,26)(H,25,28)/t16-/m0/s1. The molecule has 2 amide bonds. The van der Waals surface area contributed by atoms with E-state index in [2.05, 4.69) is 10.6 Å². The normalized spacial score (nSPS) is 11.5. The van der Waals surface area contributed by atoms with Gasteiger partial charge in [0.05, 0.1) is 0 Å². The van der Waals surface area contributed by atoms with Crippen molar-refractivity contribution >= 4 is 29.2 Å². The summed E-state index contributed by atoms with van der Waals surface area (Å²) in [5.41, 5.74) is 3.17. The number of esters is 1. The van der Waals surface area contributed by atoms with Crippen molar-refractivity contribution in [2.24, 2.45) is 0 Å². The van der Waals surface area contributed by atoms with Crippen LogP contribution in [0.1, 0.15) is 44.7 Å². The minimum atomic E-state index is -0.988. The van der Waals surface area contributed by atoms with E-state index >= 15 is 0 Å². The zero-order valence-electron chi connectivity index (χ0n) is 17.9. The van der Waals surface area contributed by atoms with Crippen molar-refractivity contribution in [2.75, 3.05) is 17.2 Å². The van der Waals surface area contributed by atoms with Crippen LogP contribution in [0.15, 0.2) is 42.5 Å². The Kier molecular flexibility index (Phi) is 7.98. The molecule has 0 aliphatic rings. The van der Waals surface area contributed by atoms with E-state index in [1.165, 1.54) is 13.8 Å². The molecule has 2 N–H and O–H groups in total. The van der Waals surface area contributed by atoms with Crippen LogP contribution in [0.2, 0.25) is 0 Å². The minimum absolute atomic E-state index is 0.180. The van der Waals surface area contributed by atoms with E-state index in [1.807, 2.05) is 39.0 Å². The van der Waals surface area contributed by atoms with Crippen LogP contribution in [0.5, 0.6) is 5.75 Å². The largest absolute Gasteiger partial charge is 0.482 e. The maximum Gasteiger partial charge on any atom is 0.344 e. The molecule has 0 aliphatic heterocycles. The smallest absolute Gasteiger partial charge is 0.344 e. The van der Waals surface area contributed by atoms with E-state index in [-0.39, 0.29) is 18.4 Å². The van der Waals surface area contributed by atoms with Gasteiger partial charge < -0.3 is 20.1 Å². The molecule has 0 unspecified atom stereocenters. The van der Waals surface area contributed by atoms with Gasteiger partial charge in [0, 0.05) is 18.3 Å². The van der Waals surface area contributed by atoms with E-state index in [0.717, 1.165) is 11.1 Å². The molecule has 0 spiro atoms. The lowest BCUT2D eigenvalue weighted by molar-refractivity contribution is -0.155. The monoisotopic (exact) mass is 412 g/mol. The van der Waals surface area contributed by atoms with E-state index in [0.29, 0.717) is 17.1 Å². The second-order valence-corrected chi connectivity index (χ2v) is 7.36. The van der Waals surface area contributed by atoms with Crippen molar-refractivity contribution in [1.29, 1.82) is 0 Å². The van der Waals surface area contributed by atoms with Gasteiger partial charge in [-0.3, -0.25) is 9.59 Å². The molecule has 2 aromatic rings. The molecule has 160 valence electrons. The van der Waals surface area contributed by atoms with Gasteiger partial charge in [0.15, 0.2) is 12.7 Å². The highest BCUT2D eigenvalue weighted by Gasteiger charge is 2.19. The van der Waals surface area contributed by atoms with Crippen LogP contribution in [0.3, 0.4) is 0 Å². The van der Waals surface area contributed by atoms with Crippen molar-refractivity contribution in [3.8, 4) is 5.75 Å². The lowest BCUT2D eigenvalue weighted by atomic mass is 10.0. The first-order valence-electron chi connectivity index (χ1n) is 9.77. The Morgan fingerprint density at radius 3 is 2.10 bits per heavy atom. The van der Waals surface area contributed by atoms with Crippen molar-refractivity contribution in [3.05, 3.63) is 53.6 Å². The molecular formula is C23H28N2O5. The topological polar surface area (TPSA) is 93.7 Å². The summed E-state index contributed by atoms with van der Waals surface area (Å²) in [5, 5.41) is 5.30. The third-order valence-electron chi connectivity index (χ3n) is 4.29. The predicted octanol–water partition coefficient (Wildman–Crippen LogP) is 4.03. The Morgan fingerprint density at radius 1 is 0.933 bits per heavy atom. The fraction of sp³-hybridized carbons (Fsp3) is 0.348. The Bertz CT molecular complexity index is 906. The van der Waals surface area contributed by atoms with Gasteiger partial charge in [-0.25, -0.2) is 4.79 Å². The predicted molar refractivity (Wildman–Crippen MR) is 116 cm³/mol.